The van der Waals surface area contributed by atoms with Crippen molar-refractivity contribution >= 4 is 5.95 Å². The molecule has 2 aromatic rings. The molecular weight excluding hydrogens is 300 g/mol. The molecule has 0 aliphatic carbocycles. The van der Waals surface area contributed by atoms with E-state index in [1.54, 1.807) is 18.3 Å². The number of aromatic hydroxyl groups is 1. The molecule has 128 valence electrons. The van der Waals surface area contributed by atoms with Gasteiger partial charge in [0.2, 0.25) is 5.95 Å². The van der Waals surface area contributed by atoms with Crippen LogP contribution in [-0.2, 0) is 0 Å². The average Bonchev–Trinajstić information content (AvgIpc) is 2.45. The summed E-state index contributed by atoms with van der Waals surface area (Å²) in [5.74, 6) is 0.907. The maximum atomic E-state index is 9.42. The molecule has 0 spiro atoms. The van der Waals surface area contributed by atoms with Gasteiger partial charge in [0.1, 0.15) is 5.75 Å². The quantitative estimate of drug-likeness (QED) is 0.804. The van der Waals surface area contributed by atoms with Gasteiger partial charge in [0.05, 0.1) is 5.69 Å². The molecule has 0 unspecified atom stereocenters. The summed E-state index contributed by atoms with van der Waals surface area (Å²) >= 11 is 0. The number of piperidine rings is 1. The van der Waals surface area contributed by atoms with Crippen LogP contribution in [0.25, 0.3) is 11.3 Å². The molecule has 0 bridgehead atoms. The number of aromatic nitrogens is 2. The lowest BCUT2D eigenvalue weighted by Crippen LogP contribution is -2.60. The molecule has 0 atom stereocenters. The van der Waals surface area contributed by atoms with Crippen molar-refractivity contribution in [2.75, 3.05) is 5.32 Å². The van der Waals surface area contributed by atoms with Gasteiger partial charge >= 0.3 is 0 Å². The maximum absolute atomic E-state index is 9.42. The van der Waals surface area contributed by atoms with Crippen LogP contribution in [0.4, 0.5) is 5.95 Å². The fourth-order valence-electron chi connectivity index (χ4n) is 3.83. The molecule has 1 aromatic heterocycles. The number of hydrogen-bond donors (Lipinski definition) is 3. The number of rotatable bonds is 3. The highest BCUT2D eigenvalue weighted by atomic mass is 16.3. The highest BCUT2D eigenvalue weighted by Crippen LogP contribution is 2.30. The minimum Gasteiger partial charge on any atom is -0.508 e. The summed E-state index contributed by atoms with van der Waals surface area (Å²) in [4.78, 5) is 9.02. The Kier molecular flexibility index (Phi) is 4.22. The lowest BCUT2D eigenvalue weighted by atomic mass is 9.80. The van der Waals surface area contributed by atoms with Crippen molar-refractivity contribution < 1.29 is 5.11 Å². The zero-order chi connectivity index (χ0) is 17.4. The van der Waals surface area contributed by atoms with E-state index in [0.29, 0.717) is 12.0 Å². The van der Waals surface area contributed by atoms with Crippen LogP contribution in [0, 0.1) is 0 Å². The Bertz CT molecular complexity index is 694. The van der Waals surface area contributed by atoms with Crippen LogP contribution in [0.15, 0.2) is 36.5 Å². The predicted octanol–water partition coefficient (Wildman–Crippen LogP) is 3.57. The third-order valence-electron chi connectivity index (χ3n) is 4.34. The minimum atomic E-state index is 0.0774. The van der Waals surface area contributed by atoms with Crippen molar-refractivity contribution in [2.24, 2.45) is 0 Å². The van der Waals surface area contributed by atoms with E-state index in [2.05, 4.69) is 48.3 Å². The summed E-state index contributed by atoms with van der Waals surface area (Å²) in [5, 5.41) is 16.6. The molecule has 5 heteroatoms. The first kappa shape index (κ1) is 16.7. The van der Waals surface area contributed by atoms with Gasteiger partial charge in [0, 0.05) is 28.9 Å². The fourth-order valence-corrected chi connectivity index (χ4v) is 3.83. The van der Waals surface area contributed by atoms with Crippen molar-refractivity contribution in [3.63, 3.8) is 0 Å². The molecular formula is C19H26N4O. The first-order valence-electron chi connectivity index (χ1n) is 8.41. The molecule has 1 fully saturated rings. The number of anilines is 1. The van der Waals surface area contributed by atoms with Gasteiger partial charge in [-0.05, 0) is 70.9 Å². The van der Waals surface area contributed by atoms with E-state index in [1.165, 1.54) is 0 Å². The van der Waals surface area contributed by atoms with Crippen LogP contribution in [0.1, 0.15) is 40.5 Å². The third kappa shape index (κ3) is 4.03. The number of benzene rings is 1. The molecule has 1 aliphatic rings. The van der Waals surface area contributed by atoms with E-state index in [9.17, 15) is 5.11 Å². The number of nitrogens with zero attached hydrogens (tertiary/aromatic N) is 2. The Morgan fingerprint density at radius 2 is 1.67 bits per heavy atom. The van der Waals surface area contributed by atoms with Gasteiger partial charge in [-0.25, -0.2) is 9.97 Å². The van der Waals surface area contributed by atoms with E-state index < -0.39 is 0 Å². The van der Waals surface area contributed by atoms with E-state index in [1.807, 2.05) is 18.2 Å². The highest BCUT2D eigenvalue weighted by Gasteiger charge is 2.37. The van der Waals surface area contributed by atoms with Crippen LogP contribution in [0.3, 0.4) is 0 Å². The zero-order valence-electron chi connectivity index (χ0n) is 14.8. The Balaban J connectivity index is 1.78. The Morgan fingerprint density at radius 3 is 2.29 bits per heavy atom. The van der Waals surface area contributed by atoms with E-state index in [4.69, 9.17) is 0 Å². The summed E-state index contributed by atoms with van der Waals surface area (Å²) < 4.78 is 0. The van der Waals surface area contributed by atoms with E-state index in [-0.39, 0.29) is 16.8 Å². The Labute approximate surface area is 143 Å². The molecule has 1 aromatic carbocycles. The molecule has 0 amide bonds. The molecule has 3 rings (SSSR count). The minimum absolute atomic E-state index is 0.0774. The lowest BCUT2D eigenvalue weighted by molar-refractivity contribution is 0.170. The first-order valence-corrected chi connectivity index (χ1v) is 8.41. The molecule has 1 saturated heterocycles. The molecule has 2 heterocycles. The molecule has 3 N–H and O–H groups in total. The number of nitrogens with one attached hydrogen (secondary N) is 2. The van der Waals surface area contributed by atoms with Crippen molar-refractivity contribution in [1.82, 2.24) is 15.3 Å². The Morgan fingerprint density at radius 1 is 1.04 bits per heavy atom. The van der Waals surface area contributed by atoms with Gasteiger partial charge in [-0.3, -0.25) is 0 Å². The van der Waals surface area contributed by atoms with Crippen LogP contribution in [0.5, 0.6) is 5.75 Å². The number of phenolic OH excluding ortho intramolecular Hbond substituents is 1. The van der Waals surface area contributed by atoms with Crippen LogP contribution in [-0.4, -0.2) is 32.2 Å². The first-order chi connectivity index (χ1) is 11.2. The molecule has 5 nitrogen and oxygen atoms in total. The highest BCUT2D eigenvalue weighted by molar-refractivity contribution is 5.60. The van der Waals surface area contributed by atoms with Gasteiger partial charge in [0.15, 0.2) is 0 Å². The van der Waals surface area contributed by atoms with Gasteiger partial charge in [0.25, 0.3) is 0 Å². The molecule has 1 aliphatic heterocycles. The van der Waals surface area contributed by atoms with E-state index in [0.717, 1.165) is 24.1 Å². The normalized spacial score (nSPS) is 19.8. The summed E-state index contributed by atoms with van der Waals surface area (Å²) in [6.45, 7) is 8.93. The van der Waals surface area contributed by atoms with Crippen LogP contribution >= 0.6 is 0 Å². The second-order valence-corrected chi connectivity index (χ2v) is 7.95. The van der Waals surface area contributed by atoms with Crippen molar-refractivity contribution in [3.05, 3.63) is 36.5 Å². The lowest BCUT2D eigenvalue weighted by Gasteiger charge is -2.46. The summed E-state index contributed by atoms with van der Waals surface area (Å²) in [7, 11) is 0. The van der Waals surface area contributed by atoms with Crippen LogP contribution < -0.4 is 10.6 Å². The summed E-state index contributed by atoms with van der Waals surface area (Å²) in [6, 6.07) is 9.26. The SMILES string of the molecule is CC1(C)CC(Nc2nccc(-c3ccc(O)cc3)n2)CC(C)(C)N1. The second kappa shape index (κ2) is 6.06. The monoisotopic (exact) mass is 326 g/mol. The average molecular weight is 326 g/mol. The van der Waals surface area contributed by atoms with Crippen molar-refractivity contribution in [3.8, 4) is 17.0 Å². The number of phenols is 1. The third-order valence-corrected chi connectivity index (χ3v) is 4.34. The van der Waals surface area contributed by atoms with Gasteiger partial charge in [-0.2, -0.15) is 0 Å². The zero-order valence-corrected chi connectivity index (χ0v) is 14.8. The fraction of sp³-hybridized carbons (Fsp3) is 0.474. The van der Waals surface area contributed by atoms with Gasteiger partial charge < -0.3 is 15.7 Å². The maximum Gasteiger partial charge on any atom is 0.223 e. The molecule has 24 heavy (non-hydrogen) atoms. The summed E-state index contributed by atoms with van der Waals surface area (Å²) in [6.07, 6.45) is 3.81. The largest absolute Gasteiger partial charge is 0.508 e. The smallest absolute Gasteiger partial charge is 0.223 e. The molecule has 0 radical (unpaired) electrons. The number of hydrogen-bond acceptors (Lipinski definition) is 5. The van der Waals surface area contributed by atoms with Crippen LogP contribution in [0.2, 0.25) is 0 Å². The Hall–Kier alpha value is -2.14. The van der Waals surface area contributed by atoms with Crippen molar-refractivity contribution in [2.45, 2.75) is 57.7 Å². The van der Waals surface area contributed by atoms with Gasteiger partial charge in [-0.1, -0.05) is 0 Å². The summed E-state index contributed by atoms with van der Waals surface area (Å²) in [5.41, 5.74) is 1.96. The molecule has 0 saturated carbocycles. The van der Waals surface area contributed by atoms with Crippen molar-refractivity contribution in [1.29, 1.82) is 0 Å². The standard InChI is InChI=1S/C19H26N4O/c1-18(2)11-14(12-19(3,4)23-18)21-17-20-10-9-16(22-17)13-5-7-15(24)8-6-13/h5-10,14,23-24H,11-12H2,1-4H3,(H,20,21,22). The van der Waals surface area contributed by atoms with E-state index >= 15 is 0 Å². The topological polar surface area (TPSA) is 70.1 Å². The predicted molar refractivity (Wildman–Crippen MR) is 97.1 cm³/mol. The second-order valence-electron chi connectivity index (χ2n) is 7.95. The van der Waals surface area contributed by atoms with Gasteiger partial charge in [-0.15, -0.1) is 0 Å².